The Kier molecular flexibility index (Phi) is 5.65. The quantitative estimate of drug-likeness (QED) is 0.573. The van der Waals surface area contributed by atoms with Crippen LogP contribution in [0.4, 0.5) is 5.69 Å². The fraction of sp³-hybridized carbons (Fsp3) is 0.280. The number of hydrogen-bond donors (Lipinski definition) is 0. The summed E-state index contributed by atoms with van der Waals surface area (Å²) in [6.07, 6.45) is -0.203. The van der Waals surface area contributed by atoms with Gasteiger partial charge in [0.1, 0.15) is 5.75 Å². The van der Waals surface area contributed by atoms with Crippen molar-refractivity contribution in [3.63, 3.8) is 0 Å². The normalized spacial score (nSPS) is 15.3. The molecule has 0 saturated heterocycles. The molecule has 0 fully saturated rings. The lowest BCUT2D eigenvalue weighted by Gasteiger charge is -2.34. The van der Waals surface area contributed by atoms with Crippen molar-refractivity contribution in [2.45, 2.75) is 40.2 Å². The molecule has 1 aliphatic heterocycles. The van der Waals surface area contributed by atoms with E-state index in [-0.39, 0.29) is 24.1 Å². The predicted molar refractivity (Wildman–Crippen MR) is 120 cm³/mol. The van der Waals surface area contributed by atoms with Gasteiger partial charge < -0.3 is 4.74 Å². The van der Waals surface area contributed by atoms with Crippen molar-refractivity contribution in [3.05, 3.63) is 76.6 Å². The van der Waals surface area contributed by atoms with E-state index in [4.69, 9.17) is 4.74 Å². The summed E-state index contributed by atoms with van der Waals surface area (Å²) in [5.74, 6) is -0.321. The molecule has 2 aromatic carbocycles. The molecular weight excluding hydrogens is 406 g/mol. The number of Topliss-reactive ketones (excluding diaryl/α,β-unsaturated/α-hetero) is 1. The maximum Gasteiger partial charge on any atom is 0.278 e. The molecule has 3 aromatic rings. The number of rotatable bonds is 5. The SMILES string of the molecule is CC[C@H]1Oc2ccc(C(=O)n3nc(C)cc3C)cc2N(CC(=O)c2ccc(C)cc2)C1=O. The summed E-state index contributed by atoms with van der Waals surface area (Å²) in [5.41, 5.74) is 3.80. The Morgan fingerprint density at radius 1 is 1.00 bits per heavy atom. The van der Waals surface area contributed by atoms with Crippen LogP contribution in [0, 0.1) is 20.8 Å². The predicted octanol–water partition coefficient (Wildman–Crippen LogP) is 3.88. The van der Waals surface area contributed by atoms with Crippen LogP contribution in [0.25, 0.3) is 0 Å². The van der Waals surface area contributed by atoms with E-state index in [1.165, 1.54) is 9.58 Å². The number of fused-ring (bicyclic) bond motifs is 1. The van der Waals surface area contributed by atoms with Gasteiger partial charge in [-0.3, -0.25) is 19.3 Å². The molecule has 1 aromatic heterocycles. The van der Waals surface area contributed by atoms with E-state index in [1.54, 1.807) is 37.3 Å². The summed E-state index contributed by atoms with van der Waals surface area (Å²) >= 11 is 0. The summed E-state index contributed by atoms with van der Waals surface area (Å²) in [6.45, 7) is 7.30. The molecule has 0 unspecified atom stereocenters. The first-order valence-electron chi connectivity index (χ1n) is 10.6. The molecule has 164 valence electrons. The van der Waals surface area contributed by atoms with Crippen LogP contribution in [0.2, 0.25) is 0 Å². The van der Waals surface area contributed by atoms with Gasteiger partial charge in [0, 0.05) is 16.8 Å². The van der Waals surface area contributed by atoms with Crippen LogP contribution in [-0.4, -0.2) is 40.0 Å². The Labute approximate surface area is 186 Å². The summed E-state index contributed by atoms with van der Waals surface area (Å²) in [4.78, 5) is 40.5. The molecule has 0 aliphatic carbocycles. The molecule has 0 saturated carbocycles. The average Bonchev–Trinajstić information content (AvgIpc) is 3.12. The van der Waals surface area contributed by atoms with Crippen LogP contribution in [0.5, 0.6) is 5.75 Å². The maximum atomic E-state index is 13.1. The number of carbonyl (C=O) groups excluding carboxylic acids is 3. The Morgan fingerprint density at radius 2 is 1.69 bits per heavy atom. The van der Waals surface area contributed by atoms with Gasteiger partial charge in [-0.1, -0.05) is 36.8 Å². The highest BCUT2D eigenvalue weighted by atomic mass is 16.5. The lowest BCUT2D eigenvalue weighted by atomic mass is 10.0. The molecule has 0 N–H and O–H groups in total. The van der Waals surface area contributed by atoms with Gasteiger partial charge in [0.15, 0.2) is 11.9 Å². The second-order valence-electron chi connectivity index (χ2n) is 8.05. The van der Waals surface area contributed by atoms with Crippen LogP contribution in [0.3, 0.4) is 0 Å². The van der Waals surface area contributed by atoms with E-state index in [9.17, 15) is 14.4 Å². The number of amides is 1. The third-order valence-electron chi connectivity index (χ3n) is 5.56. The van der Waals surface area contributed by atoms with Gasteiger partial charge in [-0.15, -0.1) is 0 Å². The number of ether oxygens (including phenoxy) is 1. The van der Waals surface area contributed by atoms with Gasteiger partial charge in [-0.25, -0.2) is 4.68 Å². The first kappa shape index (κ1) is 21.5. The van der Waals surface area contributed by atoms with E-state index < -0.39 is 6.10 Å². The van der Waals surface area contributed by atoms with E-state index in [1.807, 2.05) is 39.0 Å². The van der Waals surface area contributed by atoms with Crippen LogP contribution in [0.1, 0.15) is 51.0 Å². The highest BCUT2D eigenvalue weighted by Gasteiger charge is 2.35. The Balaban J connectivity index is 1.71. The minimum absolute atomic E-state index is 0.133. The molecule has 0 radical (unpaired) electrons. The van der Waals surface area contributed by atoms with Crippen molar-refractivity contribution in [3.8, 4) is 5.75 Å². The molecule has 32 heavy (non-hydrogen) atoms. The smallest absolute Gasteiger partial charge is 0.278 e. The second kappa shape index (κ2) is 8.42. The van der Waals surface area contributed by atoms with Gasteiger partial charge in [-0.05, 0) is 51.5 Å². The molecule has 7 nitrogen and oxygen atoms in total. The highest BCUT2D eigenvalue weighted by molar-refractivity contribution is 6.09. The van der Waals surface area contributed by atoms with Crippen molar-refractivity contribution in [1.29, 1.82) is 0 Å². The molecule has 1 atom stereocenters. The van der Waals surface area contributed by atoms with Crippen molar-refractivity contribution >= 4 is 23.3 Å². The lowest BCUT2D eigenvalue weighted by molar-refractivity contribution is -0.126. The second-order valence-corrected chi connectivity index (χ2v) is 8.05. The molecular formula is C25H25N3O4. The van der Waals surface area contributed by atoms with Crippen LogP contribution < -0.4 is 9.64 Å². The van der Waals surface area contributed by atoms with Gasteiger partial charge in [0.25, 0.3) is 11.8 Å². The number of benzene rings is 2. The molecule has 0 bridgehead atoms. The number of carbonyl (C=O) groups is 3. The molecule has 1 amide bonds. The number of hydrogen-bond acceptors (Lipinski definition) is 5. The monoisotopic (exact) mass is 431 g/mol. The van der Waals surface area contributed by atoms with Crippen LogP contribution in [0.15, 0.2) is 48.5 Å². The van der Waals surface area contributed by atoms with E-state index in [0.717, 1.165) is 17.0 Å². The number of anilines is 1. The fourth-order valence-corrected chi connectivity index (χ4v) is 3.81. The minimum Gasteiger partial charge on any atom is -0.478 e. The molecule has 2 heterocycles. The summed E-state index contributed by atoms with van der Waals surface area (Å²) in [6, 6.07) is 14.0. The van der Waals surface area contributed by atoms with Gasteiger partial charge >= 0.3 is 0 Å². The van der Waals surface area contributed by atoms with Crippen molar-refractivity contribution in [2.75, 3.05) is 11.4 Å². The number of nitrogens with zero attached hydrogens (tertiary/aromatic N) is 3. The Morgan fingerprint density at radius 3 is 2.31 bits per heavy atom. The average molecular weight is 431 g/mol. The Hall–Kier alpha value is -3.74. The third kappa shape index (κ3) is 3.93. The zero-order chi connectivity index (χ0) is 23.0. The third-order valence-corrected chi connectivity index (χ3v) is 5.56. The Bertz CT molecular complexity index is 1210. The molecule has 0 spiro atoms. The topological polar surface area (TPSA) is 81.5 Å². The number of aromatic nitrogens is 2. The zero-order valence-corrected chi connectivity index (χ0v) is 18.6. The van der Waals surface area contributed by atoms with Gasteiger partial charge in [0.05, 0.1) is 17.9 Å². The van der Waals surface area contributed by atoms with E-state index >= 15 is 0 Å². The van der Waals surface area contributed by atoms with Crippen molar-refractivity contribution in [2.24, 2.45) is 0 Å². The molecule has 7 heteroatoms. The van der Waals surface area contributed by atoms with Gasteiger partial charge in [-0.2, -0.15) is 5.10 Å². The summed E-state index contributed by atoms with van der Waals surface area (Å²) < 4.78 is 7.19. The first-order chi connectivity index (χ1) is 15.3. The maximum absolute atomic E-state index is 13.1. The lowest BCUT2D eigenvalue weighted by Crippen LogP contribution is -2.47. The number of ketones is 1. The fourth-order valence-electron chi connectivity index (χ4n) is 3.81. The summed E-state index contributed by atoms with van der Waals surface area (Å²) in [7, 11) is 0. The van der Waals surface area contributed by atoms with Gasteiger partial charge in [0.2, 0.25) is 0 Å². The number of aryl methyl sites for hydroxylation is 3. The summed E-state index contributed by atoms with van der Waals surface area (Å²) in [5, 5.41) is 4.25. The van der Waals surface area contributed by atoms with E-state index in [2.05, 4.69) is 5.10 Å². The van der Waals surface area contributed by atoms with E-state index in [0.29, 0.717) is 29.0 Å². The first-order valence-corrected chi connectivity index (χ1v) is 10.6. The molecule has 1 aliphatic rings. The van der Waals surface area contributed by atoms with Crippen molar-refractivity contribution < 1.29 is 19.1 Å². The van der Waals surface area contributed by atoms with Crippen LogP contribution in [-0.2, 0) is 4.79 Å². The zero-order valence-electron chi connectivity index (χ0n) is 18.6. The highest BCUT2D eigenvalue weighted by Crippen LogP contribution is 2.36. The standard InChI is InChI=1S/C25H25N3O4/c1-5-22-25(31)27(14-21(29)18-8-6-15(2)7-9-18)20-13-19(10-11-23(20)32-22)24(30)28-17(4)12-16(3)26-28/h6-13,22H,5,14H2,1-4H3/t22-/m1/s1. The van der Waals surface area contributed by atoms with Crippen LogP contribution >= 0.6 is 0 Å². The minimum atomic E-state index is -0.675. The largest absolute Gasteiger partial charge is 0.478 e. The molecule has 4 rings (SSSR count). The van der Waals surface area contributed by atoms with Crippen molar-refractivity contribution in [1.82, 2.24) is 9.78 Å².